The number of ether oxygens (including phenoxy) is 2. The van der Waals surface area contributed by atoms with E-state index in [-0.39, 0.29) is 41.5 Å². The number of amides is 1. The third kappa shape index (κ3) is 4.74. The number of pyridine rings is 1. The molecule has 10 nitrogen and oxygen atoms in total. The molecule has 1 aromatic carbocycles. The van der Waals surface area contributed by atoms with Crippen molar-refractivity contribution in [2.24, 2.45) is 10.7 Å². The summed E-state index contributed by atoms with van der Waals surface area (Å²) in [6.45, 7) is 0.0397. The zero-order chi connectivity index (χ0) is 25.8. The van der Waals surface area contributed by atoms with Crippen LogP contribution in [0.3, 0.4) is 0 Å². The Kier molecular flexibility index (Phi) is 7.23. The topological polar surface area (TPSA) is 128 Å². The van der Waals surface area contributed by atoms with Crippen molar-refractivity contribution in [2.75, 3.05) is 32.7 Å². The van der Waals surface area contributed by atoms with Crippen molar-refractivity contribution >= 4 is 40.4 Å². The number of anilines is 2. The molecule has 188 valence electrons. The van der Waals surface area contributed by atoms with E-state index < -0.39 is 17.3 Å². The Bertz CT molecular complexity index is 1340. The maximum Gasteiger partial charge on any atom is 0.220 e. The lowest BCUT2D eigenvalue weighted by Crippen LogP contribution is -2.37. The van der Waals surface area contributed by atoms with Crippen molar-refractivity contribution in [3.63, 3.8) is 0 Å². The van der Waals surface area contributed by atoms with E-state index in [1.54, 1.807) is 19.2 Å². The van der Waals surface area contributed by atoms with E-state index in [0.717, 1.165) is 6.07 Å². The first kappa shape index (κ1) is 24.8. The second-order valence-corrected chi connectivity index (χ2v) is 7.95. The van der Waals surface area contributed by atoms with Gasteiger partial charge in [0.1, 0.15) is 17.0 Å². The van der Waals surface area contributed by atoms with Crippen LogP contribution in [0.25, 0.3) is 16.7 Å². The monoisotopic (exact) mass is 497 g/mol. The second kappa shape index (κ2) is 10.5. The van der Waals surface area contributed by atoms with E-state index in [4.69, 9.17) is 15.2 Å². The van der Waals surface area contributed by atoms with E-state index >= 15 is 8.78 Å². The molecule has 1 aliphatic rings. The van der Waals surface area contributed by atoms with Crippen molar-refractivity contribution in [1.29, 1.82) is 0 Å². The number of benzene rings is 1. The smallest absolute Gasteiger partial charge is 0.220 e. The van der Waals surface area contributed by atoms with Crippen molar-refractivity contribution < 1.29 is 23.0 Å². The van der Waals surface area contributed by atoms with Gasteiger partial charge in [0.15, 0.2) is 28.8 Å². The Morgan fingerprint density at radius 1 is 1.25 bits per heavy atom. The normalized spacial score (nSPS) is 16.0. The predicted octanol–water partition coefficient (Wildman–Crippen LogP) is 2.74. The molecule has 0 saturated carbocycles. The number of methoxy groups -OCH3 is 2. The van der Waals surface area contributed by atoms with E-state index in [9.17, 15) is 4.79 Å². The second-order valence-electron chi connectivity index (χ2n) is 7.95. The van der Waals surface area contributed by atoms with Crippen molar-refractivity contribution in [1.82, 2.24) is 20.3 Å². The molecule has 0 radical (unpaired) electrons. The quantitative estimate of drug-likeness (QED) is 0.455. The number of fused-ring (bicyclic) bond motifs is 1. The van der Waals surface area contributed by atoms with Gasteiger partial charge < -0.3 is 25.4 Å². The molecule has 1 unspecified atom stereocenters. The lowest BCUT2D eigenvalue weighted by Gasteiger charge is -2.28. The summed E-state index contributed by atoms with van der Waals surface area (Å²) in [4.78, 5) is 30.5. The standard InChI is InChI=1S/C24H25F2N7O3/c1-28-10-13(9-27)16-11-29-15-5-6-19(32-24(15)31-16)33(12-14-4-7-20(34)30-14)23-21(25)17(35-2)8-18(36-3)22(23)26/h5-6,8-11,14H,4,7,12,27H2,1-3H3,(H,30,34). The highest BCUT2D eigenvalue weighted by Crippen LogP contribution is 2.40. The van der Waals surface area contributed by atoms with Gasteiger partial charge in [-0.3, -0.25) is 14.8 Å². The Balaban J connectivity index is 1.88. The number of hydrogen-bond acceptors (Lipinski definition) is 9. The number of carbonyl (C=O) groups excluding carboxylic acids is 1. The van der Waals surface area contributed by atoms with Gasteiger partial charge in [0.2, 0.25) is 5.91 Å². The summed E-state index contributed by atoms with van der Waals surface area (Å²) >= 11 is 0. The first-order valence-corrected chi connectivity index (χ1v) is 11.0. The van der Waals surface area contributed by atoms with Crippen LogP contribution in [0.5, 0.6) is 11.5 Å². The van der Waals surface area contributed by atoms with Crippen molar-refractivity contribution in [3.8, 4) is 11.5 Å². The summed E-state index contributed by atoms with van der Waals surface area (Å²) in [7, 11) is 4.14. The number of halogens is 2. The Morgan fingerprint density at radius 2 is 1.97 bits per heavy atom. The fourth-order valence-electron chi connectivity index (χ4n) is 3.95. The average molecular weight is 498 g/mol. The number of nitrogens with zero attached hydrogens (tertiary/aromatic N) is 5. The van der Waals surface area contributed by atoms with Gasteiger partial charge in [-0.1, -0.05) is 0 Å². The highest BCUT2D eigenvalue weighted by atomic mass is 19.1. The minimum absolute atomic E-state index is 0.0397. The van der Waals surface area contributed by atoms with Gasteiger partial charge in [-0.25, -0.2) is 18.7 Å². The van der Waals surface area contributed by atoms with Crippen LogP contribution in [0.1, 0.15) is 18.5 Å². The lowest BCUT2D eigenvalue weighted by molar-refractivity contribution is -0.119. The summed E-state index contributed by atoms with van der Waals surface area (Å²) in [5.74, 6) is -2.23. The van der Waals surface area contributed by atoms with Crippen LogP contribution in [0.4, 0.5) is 20.3 Å². The van der Waals surface area contributed by atoms with Crippen molar-refractivity contribution in [2.45, 2.75) is 18.9 Å². The molecule has 12 heteroatoms. The third-order valence-corrected chi connectivity index (χ3v) is 5.72. The Labute approximate surface area is 205 Å². The van der Waals surface area contributed by atoms with E-state index in [1.807, 2.05) is 0 Å². The zero-order valence-electron chi connectivity index (χ0n) is 20.0. The van der Waals surface area contributed by atoms with Gasteiger partial charge in [0.25, 0.3) is 0 Å². The van der Waals surface area contributed by atoms with Crippen molar-refractivity contribution in [3.05, 3.63) is 47.9 Å². The molecule has 36 heavy (non-hydrogen) atoms. The third-order valence-electron chi connectivity index (χ3n) is 5.72. The number of aromatic nitrogens is 3. The van der Waals surface area contributed by atoms with Crippen LogP contribution in [0, 0.1) is 11.6 Å². The zero-order valence-corrected chi connectivity index (χ0v) is 20.0. The minimum Gasteiger partial charge on any atom is -0.493 e. The molecule has 1 saturated heterocycles. The first-order chi connectivity index (χ1) is 17.4. The van der Waals surface area contributed by atoms with Gasteiger partial charge in [-0.2, -0.15) is 0 Å². The van der Waals surface area contributed by atoms with Gasteiger partial charge in [0.05, 0.1) is 26.1 Å². The molecule has 1 amide bonds. The van der Waals surface area contributed by atoms with Crippen LogP contribution in [-0.2, 0) is 4.79 Å². The predicted molar refractivity (Wildman–Crippen MR) is 132 cm³/mol. The molecular formula is C24H25F2N7O3. The number of nitrogens with two attached hydrogens (primary N) is 1. The van der Waals surface area contributed by atoms with Gasteiger partial charge in [-0.05, 0) is 18.6 Å². The molecule has 0 bridgehead atoms. The molecular weight excluding hydrogens is 472 g/mol. The molecule has 1 aliphatic heterocycles. The molecule has 2 aromatic heterocycles. The summed E-state index contributed by atoms with van der Waals surface area (Å²) in [6.07, 6.45) is 5.22. The highest BCUT2D eigenvalue weighted by Gasteiger charge is 2.31. The van der Waals surface area contributed by atoms with E-state index in [1.165, 1.54) is 37.7 Å². The molecule has 3 N–H and O–H groups in total. The fraction of sp³-hybridized carbons (Fsp3) is 0.292. The highest BCUT2D eigenvalue weighted by molar-refractivity contribution is 6.09. The SMILES string of the molecule is CN=CC(=CN)c1cnc2ccc(N(CC3CCC(=O)N3)c3c(F)c(OC)cc(OC)c3F)nc2n1. The van der Waals surface area contributed by atoms with E-state index in [2.05, 4.69) is 25.3 Å². The average Bonchev–Trinajstić information content (AvgIpc) is 3.30. The number of carbonyl (C=O) groups is 1. The van der Waals surface area contributed by atoms with Crippen LogP contribution < -0.4 is 25.4 Å². The molecule has 0 aliphatic carbocycles. The molecule has 1 fully saturated rings. The molecule has 0 spiro atoms. The van der Waals surface area contributed by atoms with Gasteiger partial charge in [-0.15, -0.1) is 0 Å². The maximum atomic E-state index is 15.5. The molecule has 3 heterocycles. The van der Waals surface area contributed by atoms with Gasteiger partial charge >= 0.3 is 0 Å². The Hall–Kier alpha value is -4.35. The fourth-order valence-corrected chi connectivity index (χ4v) is 3.95. The molecule has 3 aromatic rings. The number of hydrogen-bond donors (Lipinski definition) is 2. The molecule has 4 rings (SSSR count). The largest absolute Gasteiger partial charge is 0.493 e. The summed E-state index contributed by atoms with van der Waals surface area (Å²) in [6, 6.07) is 3.98. The number of rotatable bonds is 8. The number of allylic oxidation sites excluding steroid dienone is 1. The van der Waals surface area contributed by atoms with Crippen LogP contribution in [-0.4, -0.2) is 60.9 Å². The molecule has 1 atom stereocenters. The minimum atomic E-state index is -0.936. The van der Waals surface area contributed by atoms with E-state index in [0.29, 0.717) is 29.6 Å². The Morgan fingerprint density at radius 3 is 2.56 bits per heavy atom. The maximum absolute atomic E-state index is 15.5. The first-order valence-electron chi connectivity index (χ1n) is 11.0. The summed E-state index contributed by atoms with van der Waals surface area (Å²) in [5, 5.41) is 2.82. The van der Waals surface area contributed by atoms with Crippen LogP contribution >= 0.6 is 0 Å². The number of aliphatic imine (C=N–C) groups is 1. The summed E-state index contributed by atoms with van der Waals surface area (Å²) in [5.41, 5.74) is 6.91. The summed E-state index contributed by atoms with van der Waals surface area (Å²) < 4.78 is 41.2. The van der Waals surface area contributed by atoms with Crippen LogP contribution in [0.2, 0.25) is 0 Å². The number of nitrogens with one attached hydrogen (secondary N) is 1. The lowest BCUT2D eigenvalue weighted by atomic mass is 10.1. The van der Waals surface area contributed by atoms with Gasteiger partial charge in [0, 0.05) is 50.1 Å². The van der Waals surface area contributed by atoms with Crippen LogP contribution in [0.15, 0.2) is 35.6 Å².